The van der Waals surface area contributed by atoms with Crippen LogP contribution < -0.4 is 0 Å². The molecular formula is C13H26ClNO. The number of nitrogens with zero attached hydrogens (tertiary/aromatic N) is 1. The second kappa shape index (κ2) is 6.48. The zero-order chi connectivity index (χ0) is 12.9. The van der Waals surface area contributed by atoms with Crippen LogP contribution in [0.15, 0.2) is 0 Å². The first kappa shape index (κ1) is 15.8. The molecule has 0 rings (SSSR count). The fourth-order valence-electron chi connectivity index (χ4n) is 1.22. The van der Waals surface area contributed by atoms with Crippen molar-refractivity contribution in [2.24, 2.45) is 11.3 Å². The highest BCUT2D eigenvalue weighted by Crippen LogP contribution is 2.28. The lowest BCUT2D eigenvalue weighted by atomic mass is 9.80. The summed E-state index contributed by atoms with van der Waals surface area (Å²) >= 11 is 5.87. The molecule has 16 heavy (non-hydrogen) atoms. The van der Waals surface area contributed by atoms with E-state index < -0.39 is 0 Å². The van der Waals surface area contributed by atoms with Gasteiger partial charge in [0.1, 0.15) is 0 Å². The van der Waals surface area contributed by atoms with E-state index >= 15 is 0 Å². The fourth-order valence-corrected chi connectivity index (χ4v) is 1.32. The lowest BCUT2D eigenvalue weighted by molar-refractivity contribution is -0.131. The van der Waals surface area contributed by atoms with Crippen LogP contribution in [0.4, 0.5) is 0 Å². The van der Waals surface area contributed by atoms with Crippen LogP contribution in [0.2, 0.25) is 0 Å². The van der Waals surface area contributed by atoms with Gasteiger partial charge in [0, 0.05) is 25.4 Å². The second-order valence-corrected chi connectivity index (χ2v) is 6.60. The minimum Gasteiger partial charge on any atom is -0.346 e. The van der Waals surface area contributed by atoms with Crippen molar-refractivity contribution in [2.45, 2.75) is 52.8 Å². The van der Waals surface area contributed by atoms with E-state index in [2.05, 4.69) is 27.7 Å². The van der Waals surface area contributed by atoms with Gasteiger partial charge in [-0.05, 0) is 24.7 Å². The zero-order valence-electron chi connectivity index (χ0n) is 11.5. The number of halogens is 1. The molecule has 0 aromatic heterocycles. The van der Waals surface area contributed by atoms with Crippen LogP contribution in [0.5, 0.6) is 0 Å². The Morgan fingerprint density at radius 2 is 1.81 bits per heavy atom. The third-order valence-electron chi connectivity index (χ3n) is 3.25. The number of carbonyl (C=O) groups excluding carboxylic acids is 1. The molecule has 0 heterocycles. The smallest absolute Gasteiger partial charge is 0.222 e. The summed E-state index contributed by atoms with van der Waals surface area (Å²) in [5.74, 6) is 0.621. The maximum atomic E-state index is 11.9. The minimum atomic E-state index is 0.135. The second-order valence-electron chi connectivity index (χ2n) is 5.86. The molecule has 3 heteroatoms. The molecule has 1 amide bonds. The van der Waals surface area contributed by atoms with Crippen LogP contribution in [-0.2, 0) is 4.79 Å². The molecule has 0 aliphatic carbocycles. The minimum absolute atomic E-state index is 0.135. The van der Waals surface area contributed by atoms with Gasteiger partial charge in [-0.15, -0.1) is 11.6 Å². The van der Waals surface area contributed by atoms with Gasteiger partial charge in [0.15, 0.2) is 0 Å². The molecule has 0 fully saturated rings. The highest BCUT2D eigenvalue weighted by atomic mass is 35.5. The van der Waals surface area contributed by atoms with E-state index in [1.165, 1.54) is 0 Å². The van der Waals surface area contributed by atoms with Crippen molar-refractivity contribution in [3.63, 3.8) is 0 Å². The predicted octanol–water partition coefficient (Wildman–Crippen LogP) is 3.53. The first-order valence-electron chi connectivity index (χ1n) is 6.02. The Kier molecular flexibility index (Phi) is 6.39. The summed E-state index contributed by atoms with van der Waals surface area (Å²) in [4.78, 5) is 13.7. The van der Waals surface area contributed by atoms with Crippen molar-refractivity contribution in [3.8, 4) is 0 Å². The number of hydrogen-bond acceptors (Lipinski definition) is 1. The molecule has 0 radical (unpaired) electrons. The Bertz CT molecular complexity index is 220. The molecule has 2 nitrogen and oxygen atoms in total. The van der Waals surface area contributed by atoms with Gasteiger partial charge >= 0.3 is 0 Å². The Morgan fingerprint density at radius 1 is 1.31 bits per heavy atom. The van der Waals surface area contributed by atoms with E-state index in [1.807, 2.05) is 14.0 Å². The Hall–Kier alpha value is -0.240. The summed E-state index contributed by atoms with van der Waals surface area (Å²) < 4.78 is 0. The van der Waals surface area contributed by atoms with Crippen molar-refractivity contribution < 1.29 is 4.79 Å². The number of alkyl halides is 1. The van der Waals surface area contributed by atoms with E-state index in [1.54, 1.807) is 4.90 Å². The quantitative estimate of drug-likeness (QED) is 0.681. The molecule has 0 aromatic rings. The van der Waals surface area contributed by atoms with Crippen molar-refractivity contribution in [2.75, 3.05) is 13.6 Å². The van der Waals surface area contributed by atoms with Crippen LogP contribution in [0.3, 0.4) is 0 Å². The van der Waals surface area contributed by atoms with Gasteiger partial charge < -0.3 is 4.90 Å². The van der Waals surface area contributed by atoms with E-state index in [4.69, 9.17) is 11.6 Å². The monoisotopic (exact) mass is 247 g/mol. The molecule has 0 aliphatic rings. The van der Waals surface area contributed by atoms with Crippen LogP contribution in [0.25, 0.3) is 0 Å². The third kappa shape index (κ3) is 6.37. The van der Waals surface area contributed by atoms with Crippen LogP contribution >= 0.6 is 11.6 Å². The molecule has 0 bridgehead atoms. The Morgan fingerprint density at radius 3 is 2.19 bits per heavy atom. The molecule has 2 unspecified atom stereocenters. The number of amides is 1. The molecule has 96 valence electrons. The van der Waals surface area contributed by atoms with E-state index in [9.17, 15) is 4.79 Å². The lowest BCUT2D eigenvalue weighted by Gasteiger charge is -2.28. The van der Waals surface area contributed by atoms with Crippen molar-refractivity contribution >= 4 is 17.5 Å². The maximum Gasteiger partial charge on any atom is 0.222 e. The molecule has 0 aromatic carbocycles. The maximum absolute atomic E-state index is 11.9. The SMILES string of the molecule is CC(Cl)CCN(C)C(=O)CC(C)C(C)(C)C. The highest BCUT2D eigenvalue weighted by molar-refractivity contribution is 6.20. The molecule has 0 spiro atoms. The van der Waals surface area contributed by atoms with Gasteiger partial charge in [-0.3, -0.25) is 4.79 Å². The van der Waals surface area contributed by atoms with Crippen LogP contribution in [0, 0.1) is 11.3 Å². The average Bonchev–Trinajstić information content (AvgIpc) is 2.12. The number of carbonyl (C=O) groups is 1. The predicted molar refractivity (Wildman–Crippen MR) is 70.8 cm³/mol. The summed E-state index contributed by atoms with van der Waals surface area (Å²) in [5.41, 5.74) is 0.191. The Labute approximate surface area is 105 Å². The summed E-state index contributed by atoms with van der Waals surface area (Å²) in [6, 6.07) is 0. The van der Waals surface area contributed by atoms with Crippen LogP contribution in [-0.4, -0.2) is 29.8 Å². The van der Waals surface area contributed by atoms with E-state index in [-0.39, 0.29) is 16.7 Å². The van der Waals surface area contributed by atoms with Gasteiger partial charge in [-0.2, -0.15) is 0 Å². The van der Waals surface area contributed by atoms with E-state index in [0.29, 0.717) is 12.3 Å². The lowest BCUT2D eigenvalue weighted by Crippen LogP contribution is -2.32. The van der Waals surface area contributed by atoms with Crippen molar-refractivity contribution in [1.29, 1.82) is 0 Å². The van der Waals surface area contributed by atoms with Gasteiger partial charge in [0.2, 0.25) is 5.91 Å². The fraction of sp³-hybridized carbons (Fsp3) is 0.923. The number of hydrogen-bond donors (Lipinski definition) is 0. The molecular weight excluding hydrogens is 222 g/mol. The van der Waals surface area contributed by atoms with Gasteiger partial charge in [0.05, 0.1) is 0 Å². The Balaban J connectivity index is 4.06. The average molecular weight is 248 g/mol. The summed E-state index contributed by atoms with van der Waals surface area (Å²) in [6.45, 7) is 11.4. The summed E-state index contributed by atoms with van der Waals surface area (Å²) in [6.07, 6.45) is 1.48. The van der Waals surface area contributed by atoms with Crippen LogP contribution in [0.1, 0.15) is 47.5 Å². The standard InChI is InChI=1S/C13H26ClNO/c1-10(13(3,4)5)9-12(16)15(6)8-7-11(2)14/h10-11H,7-9H2,1-6H3. The molecule has 0 saturated carbocycles. The first-order chi connectivity index (χ1) is 7.14. The third-order valence-corrected chi connectivity index (χ3v) is 3.47. The largest absolute Gasteiger partial charge is 0.346 e. The first-order valence-corrected chi connectivity index (χ1v) is 6.46. The topological polar surface area (TPSA) is 20.3 Å². The highest BCUT2D eigenvalue weighted by Gasteiger charge is 2.23. The zero-order valence-corrected chi connectivity index (χ0v) is 12.3. The van der Waals surface area contributed by atoms with Crippen molar-refractivity contribution in [1.82, 2.24) is 4.90 Å². The molecule has 2 atom stereocenters. The number of rotatable bonds is 5. The molecule has 0 N–H and O–H groups in total. The summed E-state index contributed by atoms with van der Waals surface area (Å²) in [5, 5.41) is 0.135. The molecule has 0 aliphatic heterocycles. The normalized spacial score (nSPS) is 15.7. The van der Waals surface area contributed by atoms with Gasteiger partial charge in [-0.25, -0.2) is 0 Å². The summed E-state index contributed by atoms with van der Waals surface area (Å²) in [7, 11) is 1.86. The van der Waals surface area contributed by atoms with E-state index in [0.717, 1.165) is 13.0 Å². The van der Waals surface area contributed by atoms with Gasteiger partial charge in [-0.1, -0.05) is 27.7 Å². The molecule has 0 saturated heterocycles. The van der Waals surface area contributed by atoms with Crippen molar-refractivity contribution in [3.05, 3.63) is 0 Å². The van der Waals surface area contributed by atoms with Gasteiger partial charge in [0.25, 0.3) is 0 Å².